The molecule has 1 aromatic heterocycles. The van der Waals surface area contributed by atoms with Crippen molar-refractivity contribution in [2.75, 3.05) is 7.05 Å². The zero-order valence-corrected chi connectivity index (χ0v) is 11.0. The SMILES string of the molecule is CNC(C)c1cccc(F)c1Sc1ccncn1. The molecular formula is C13H14FN3S. The minimum atomic E-state index is -0.224. The van der Waals surface area contributed by atoms with Crippen molar-refractivity contribution in [2.45, 2.75) is 22.9 Å². The summed E-state index contributed by atoms with van der Waals surface area (Å²) in [5.41, 5.74) is 0.932. The summed E-state index contributed by atoms with van der Waals surface area (Å²) in [5, 5.41) is 3.86. The normalized spacial score (nSPS) is 12.4. The van der Waals surface area contributed by atoms with Gasteiger partial charge in [-0.2, -0.15) is 0 Å². The maximum atomic E-state index is 13.9. The first-order chi connectivity index (χ1) is 8.72. The highest BCUT2D eigenvalue weighted by molar-refractivity contribution is 7.99. The van der Waals surface area contributed by atoms with E-state index in [4.69, 9.17) is 0 Å². The fourth-order valence-electron chi connectivity index (χ4n) is 1.57. The van der Waals surface area contributed by atoms with E-state index in [0.717, 1.165) is 10.6 Å². The molecule has 0 aliphatic rings. The fourth-order valence-corrected chi connectivity index (χ4v) is 2.54. The Hall–Kier alpha value is -1.46. The van der Waals surface area contributed by atoms with E-state index < -0.39 is 0 Å². The van der Waals surface area contributed by atoms with E-state index in [1.807, 2.05) is 20.0 Å². The van der Waals surface area contributed by atoms with E-state index in [9.17, 15) is 4.39 Å². The van der Waals surface area contributed by atoms with Gasteiger partial charge in [0, 0.05) is 12.2 Å². The van der Waals surface area contributed by atoms with E-state index in [1.165, 1.54) is 24.2 Å². The highest BCUT2D eigenvalue weighted by Crippen LogP contribution is 2.33. The van der Waals surface area contributed by atoms with Crippen LogP contribution in [0.2, 0.25) is 0 Å². The van der Waals surface area contributed by atoms with Gasteiger partial charge < -0.3 is 5.32 Å². The molecule has 0 radical (unpaired) electrons. The van der Waals surface area contributed by atoms with Crippen molar-refractivity contribution in [3.63, 3.8) is 0 Å². The summed E-state index contributed by atoms with van der Waals surface area (Å²) >= 11 is 1.32. The van der Waals surface area contributed by atoms with E-state index in [-0.39, 0.29) is 11.9 Å². The van der Waals surface area contributed by atoms with Crippen LogP contribution in [0.4, 0.5) is 4.39 Å². The second kappa shape index (κ2) is 5.93. The van der Waals surface area contributed by atoms with Crippen LogP contribution in [-0.4, -0.2) is 17.0 Å². The Morgan fingerprint density at radius 2 is 2.17 bits per heavy atom. The van der Waals surface area contributed by atoms with E-state index in [0.29, 0.717) is 4.90 Å². The largest absolute Gasteiger partial charge is 0.313 e. The lowest BCUT2D eigenvalue weighted by molar-refractivity contribution is 0.575. The van der Waals surface area contributed by atoms with E-state index in [1.54, 1.807) is 18.3 Å². The standard InChI is InChI=1S/C13H14FN3S/c1-9(15-2)10-4-3-5-11(14)13(10)18-12-6-7-16-8-17-12/h3-9,15H,1-2H3. The first kappa shape index (κ1) is 13.0. The molecule has 0 amide bonds. The Morgan fingerprint density at radius 3 is 2.83 bits per heavy atom. The fraction of sp³-hybridized carbons (Fsp3) is 0.231. The van der Waals surface area contributed by atoms with Gasteiger partial charge >= 0.3 is 0 Å². The van der Waals surface area contributed by atoms with Crippen molar-refractivity contribution < 1.29 is 4.39 Å². The van der Waals surface area contributed by atoms with Crippen LogP contribution in [0.15, 0.2) is 46.7 Å². The molecule has 2 rings (SSSR count). The van der Waals surface area contributed by atoms with Crippen molar-refractivity contribution in [1.82, 2.24) is 15.3 Å². The Kier molecular flexibility index (Phi) is 4.28. The molecule has 3 nitrogen and oxygen atoms in total. The molecule has 0 aliphatic carbocycles. The number of nitrogens with one attached hydrogen (secondary N) is 1. The van der Waals surface area contributed by atoms with Crippen LogP contribution >= 0.6 is 11.8 Å². The maximum absolute atomic E-state index is 13.9. The second-order valence-electron chi connectivity index (χ2n) is 3.82. The molecule has 0 spiro atoms. The summed E-state index contributed by atoms with van der Waals surface area (Å²) < 4.78 is 13.9. The first-order valence-corrected chi connectivity index (χ1v) is 6.43. The lowest BCUT2D eigenvalue weighted by Crippen LogP contribution is -2.13. The van der Waals surface area contributed by atoms with E-state index in [2.05, 4.69) is 15.3 Å². The third-order valence-electron chi connectivity index (χ3n) is 2.66. The quantitative estimate of drug-likeness (QED) is 0.860. The van der Waals surface area contributed by atoms with Gasteiger partial charge in [0.1, 0.15) is 17.2 Å². The van der Waals surface area contributed by atoms with Crippen molar-refractivity contribution in [3.8, 4) is 0 Å². The molecule has 1 aromatic carbocycles. The van der Waals surface area contributed by atoms with Crippen molar-refractivity contribution in [2.24, 2.45) is 0 Å². The zero-order chi connectivity index (χ0) is 13.0. The van der Waals surface area contributed by atoms with Crippen LogP contribution in [0.25, 0.3) is 0 Å². The number of halogens is 1. The molecule has 2 aromatic rings. The van der Waals surface area contributed by atoms with Gasteiger partial charge in [-0.15, -0.1) is 0 Å². The Labute approximate surface area is 110 Å². The molecule has 1 heterocycles. The van der Waals surface area contributed by atoms with Gasteiger partial charge in [0.25, 0.3) is 0 Å². The first-order valence-electron chi connectivity index (χ1n) is 5.62. The lowest BCUT2D eigenvalue weighted by atomic mass is 10.1. The van der Waals surface area contributed by atoms with Crippen LogP contribution in [0.3, 0.4) is 0 Å². The average Bonchev–Trinajstić information content (AvgIpc) is 2.41. The summed E-state index contributed by atoms with van der Waals surface area (Å²) in [6.07, 6.45) is 3.11. The number of benzene rings is 1. The molecule has 0 fully saturated rings. The number of nitrogens with zero attached hydrogens (tertiary/aromatic N) is 2. The van der Waals surface area contributed by atoms with Gasteiger partial charge in [0.2, 0.25) is 0 Å². The topological polar surface area (TPSA) is 37.8 Å². The Bertz CT molecular complexity index is 519. The van der Waals surface area contributed by atoms with Gasteiger partial charge in [-0.05, 0) is 31.7 Å². The number of aromatic nitrogens is 2. The second-order valence-corrected chi connectivity index (χ2v) is 4.85. The summed E-state index contributed by atoms with van der Waals surface area (Å²) in [6.45, 7) is 2.00. The molecule has 1 atom stereocenters. The van der Waals surface area contributed by atoms with Crippen molar-refractivity contribution in [3.05, 3.63) is 48.2 Å². The zero-order valence-electron chi connectivity index (χ0n) is 10.2. The van der Waals surface area contributed by atoms with Crippen LogP contribution in [0, 0.1) is 5.82 Å². The summed E-state index contributed by atoms with van der Waals surface area (Å²) in [6, 6.07) is 6.97. The summed E-state index contributed by atoms with van der Waals surface area (Å²) in [7, 11) is 1.86. The third-order valence-corrected chi connectivity index (χ3v) is 3.74. The van der Waals surface area contributed by atoms with Crippen LogP contribution in [-0.2, 0) is 0 Å². The molecule has 18 heavy (non-hydrogen) atoms. The average molecular weight is 263 g/mol. The molecule has 5 heteroatoms. The maximum Gasteiger partial charge on any atom is 0.137 e. The highest BCUT2D eigenvalue weighted by atomic mass is 32.2. The van der Waals surface area contributed by atoms with Crippen LogP contribution in [0.1, 0.15) is 18.5 Å². The van der Waals surface area contributed by atoms with E-state index >= 15 is 0 Å². The van der Waals surface area contributed by atoms with Gasteiger partial charge in [0.15, 0.2) is 0 Å². The van der Waals surface area contributed by atoms with Crippen LogP contribution < -0.4 is 5.32 Å². The summed E-state index contributed by atoms with van der Waals surface area (Å²) in [5.74, 6) is -0.224. The van der Waals surface area contributed by atoms with Crippen molar-refractivity contribution >= 4 is 11.8 Å². The van der Waals surface area contributed by atoms with Gasteiger partial charge in [-0.1, -0.05) is 23.9 Å². The molecule has 1 N–H and O–H groups in total. The molecular weight excluding hydrogens is 249 g/mol. The summed E-state index contributed by atoms with van der Waals surface area (Å²) in [4.78, 5) is 8.57. The monoisotopic (exact) mass is 263 g/mol. The highest BCUT2D eigenvalue weighted by Gasteiger charge is 2.14. The van der Waals surface area contributed by atoms with Crippen LogP contribution in [0.5, 0.6) is 0 Å². The predicted molar refractivity (Wildman–Crippen MR) is 70.0 cm³/mol. The number of rotatable bonds is 4. The Balaban J connectivity index is 2.37. The van der Waals surface area contributed by atoms with Crippen molar-refractivity contribution in [1.29, 1.82) is 0 Å². The molecule has 0 saturated heterocycles. The molecule has 0 bridgehead atoms. The molecule has 1 unspecified atom stereocenters. The minimum Gasteiger partial charge on any atom is -0.313 e. The number of hydrogen-bond donors (Lipinski definition) is 1. The Morgan fingerprint density at radius 1 is 1.33 bits per heavy atom. The van der Waals surface area contributed by atoms with Gasteiger partial charge in [-0.3, -0.25) is 0 Å². The lowest BCUT2D eigenvalue weighted by Gasteiger charge is -2.15. The smallest absolute Gasteiger partial charge is 0.137 e. The predicted octanol–water partition coefficient (Wildman–Crippen LogP) is 3.05. The minimum absolute atomic E-state index is 0.0880. The van der Waals surface area contributed by atoms with Gasteiger partial charge in [0.05, 0.1) is 4.90 Å². The number of hydrogen-bond acceptors (Lipinski definition) is 4. The molecule has 94 valence electrons. The van der Waals surface area contributed by atoms with Gasteiger partial charge in [-0.25, -0.2) is 14.4 Å². The third kappa shape index (κ3) is 2.86. The molecule has 0 aliphatic heterocycles. The molecule has 0 saturated carbocycles.